The van der Waals surface area contributed by atoms with Gasteiger partial charge in [0.05, 0.1) is 0 Å². The zero-order valence-electron chi connectivity index (χ0n) is 14.2. The first-order valence-electron chi connectivity index (χ1n) is 8.37. The summed E-state index contributed by atoms with van der Waals surface area (Å²) >= 11 is 0. The highest BCUT2D eigenvalue weighted by Gasteiger charge is 2.16. The first-order chi connectivity index (χ1) is 11.3. The molecule has 1 saturated carbocycles. The summed E-state index contributed by atoms with van der Waals surface area (Å²) in [4.78, 5) is 8.59. The van der Waals surface area contributed by atoms with E-state index in [-0.39, 0.29) is 0 Å². The van der Waals surface area contributed by atoms with Crippen LogP contribution in [0.4, 0.5) is 0 Å². The predicted molar refractivity (Wildman–Crippen MR) is 91.8 cm³/mol. The normalized spacial score (nSPS) is 15.7. The van der Waals surface area contributed by atoms with Crippen LogP contribution in [-0.4, -0.2) is 44.4 Å². The first kappa shape index (κ1) is 17.5. The van der Waals surface area contributed by atoms with E-state index < -0.39 is 0 Å². The Morgan fingerprint density at radius 1 is 1.30 bits per heavy atom. The van der Waals surface area contributed by atoms with Crippen molar-refractivity contribution in [3.05, 3.63) is 23.9 Å². The van der Waals surface area contributed by atoms with E-state index in [1.54, 1.807) is 14.2 Å². The van der Waals surface area contributed by atoms with Gasteiger partial charge in [-0.15, -0.1) is 0 Å². The minimum absolute atomic E-state index is 0.349. The van der Waals surface area contributed by atoms with Gasteiger partial charge in [0.2, 0.25) is 5.88 Å². The van der Waals surface area contributed by atoms with E-state index in [4.69, 9.17) is 9.47 Å². The Bertz CT molecular complexity index is 470. The number of nitrogens with zero attached hydrogens (tertiary/aromatic N) is 2. The maximum atomic E-state index is 5.87. The molecule has 0 aromatic carbocycles. The number of rotatable bonds is 8. The number of nitrogens with one attached hydrogen (secondary N) is 2. The first-order valence-corrected chi connectivity index (χ1v) is 8.37. The van der Waals surface area contributed by atoms with E-state index in [1.807, 2.05) is 18.3 Å². The molecule has 1 aliphatic rings. The molecule has 0 radical (unpaired) electrons. The van der Waals surface area contributed by atoms with Crippen LogP contribution in [0.2, 0.25) is 0 Å². The average molecular weight is 320 g/mol. The van der Waals surface area contributed by atoms with Crippen molar-refractivity contribution in [2.75, 3.05) is 27.3 Å². The third kappa shape index (κ3) is 6.44. The highest BCUT2D eigenvalue weighted by Crippen LogP contribution is 2.22. The predicted octanol–water partition coefficient (Wildman–Crippen LogP) is 2.10. The molecule has 0 bridgehead atoms. The highest BCUT2D eigenvalue weighted by atomic mass is 16.5. The third-order valence-electron chi connectivity index (χ3n) is 3.89. The molecule has 0 unspecified atom stereocenters. The molecule has 0 saturated heterocycles. The Kier molecular flexibility index (Phi) is 7.66. The summed E-state index contributed by atoms with van der Waals surface area (Å²) in [5, 5.41) is 6.52. The van der Waals surface area contributed by atoms with Crippen molar-refractivity contribution < 1.29 is 9.47 Å². The van der Waals surface area contributed by atoms with Crippen LogP contribution in [0.15, 0.2) is 23.3 Å². The number of pyridine rings is 1. The van der Waals surface area contributed by atoms with Gasteiger partial charge in [-0.1, -0.05) is 6.07 Å². The van der Waals surface area contributed by atoms with Crippen molar-refractivity contribution in [3.8, 4) is 5.88 Å². The summed E-state index contributed by atoms with van der Waals surface area (Å²) < 4.78 is 10.9. The third-order valence-corrected chi connectivity index (χ3v) is 3.89. The Hall–Kier alpha value is -1.82. The molecule has 1 fully saturated rings. The molecule has 6 nitrogen and oxygen atoms in total. The zero-order chi connectivity index (χ0) is 16.3. The SMILES string of the molecule is CN=C(NCCCOC)NCc1ccc(OC2CCCC2)nc1. The van der Waals surface area contributed by atoms with Crippen molar-refractivity contribution >= 4 is 5.96 Å². The minimum atomic E-state index is 0.349. The van der Waals surface area contributed by atoms with Gasteiger partial charge in [-0.25, -0.2) is 4.98 Å². The Morgan fingerprint density at radius 3 is 2.78 bits per heavy atom. The Balaban J connectivity index is 1.71. The molecule has 6 heteroatoms. The summed E-state index contributed by atoms with van der Waals surface area (Å²) in [7, 11) is 3.47. The molecule has 0 amide bonds. The summed E-state index contributed by atoms with van der Waals surface area (Å²) in [5.41, 5.74) is 1.10. The molecule has 1 aromatic rings. The molecular weight excluding hydrogens is 292 g/mol. The number of guanidine groups is 1. The quantitative estimate of drug-likeness (QED) is 0.436. The number of aromatic nitrogens is 1. The zero-order valence-corrected chi connectivity index (χ0v) is 14.2. The topological polar surface area (TPSA) is 67.8 Å². The Morgan fingerprint density at radius 2 is 2.13 bits per heavy atom. The van der Waals surface area contributed by atoms with Gasteiger partial charge in [0, 0.05) is 46.1 Å². The molecule has 23 heavy (non-hydrogen) atoms. The molecule has 2 N–H and O–H groups in total. The maximum Gasteiger partial charge on any atom is 0.213 e. The summed E-state index contributed by atoms with van der Waals surface area (Å²) in [5.74, 6) is 1.51. The molecule has 1 heterocycles. The largest absolute Gasteiger partial charge is 0.474 e. The summed E-state index contributed by atoms with van der Waals surface area (Å²) in [6.07, 6.45) is 7.99. The van der Waals surface area contributed by atoms with E-state index in [0.29, 0.717) is 12.6 Å². The van der Waals surface area contributed by atoms with Crippen molar-refractivity contribution in [3.63, 3.8) is 0 Å². The van der Waals surface area contributed by atoms with Crippen LogP contribution >= 0.6 is 0 Å². The van der Waals surface area contributed by atoms with E-state index in [9.17, 15) is 0 Å². The number of hydrogen-bond acceptors (Lipinski definition) is 4. The van der Waals surface area contributed by atoms with Crippen LogP contribution in [-0.2, 0) is 11.3 Å². The van der Waals surface area contributed by atoms with Gasteiger partial charge in [0.15, 0.2) is 5.96 Å². The number of aliphatic imine (C=N–C) groups is 1. The molecule has 128 valence electrons. The molecule has 0 spiro atoms. The molecule has 1 aromatic heterocycles. The second-order valence-corrected chi connectivity index (χ2v) is 5.73. The van der Waals surface area contributed by atoms with Crippen molar-refractivity contribution in [2.45, 2.75) is 44.8 Å². The van der Waals surface area contributed by atoms with Crippen molar-refractivity contribution in [1.29, 1.82) is 0 Å². The van der Waals surface area contributed by atoms with Crippen molar-refractivity contribution in [1.82, 2.24) is 15.6 Å². The minimum Gasteiger partial charge on any atom is -0.474 e. The monoisotopic (exact) mass is 320 g/mol. The average Bonchev–Trinajstić information content (AvgIpc) is 3.08. The van der Waals surface area contributed by atoms with E-state index >= 15 is 0 Å². The fourth-order valence-corrected chi connectivity index (χ4v) is 2.59. The van der Waals surface area contributed by atoms with Crippen LogP contribution in [0.5, 0.6) is 5.88 Å². The number of hydrogen-bond donors (Lipinski definition) is 2. The van der Waals surface area contributed by atoms with Gasteiger partial charge in [-0.3, -0.25) is 4.99 Å². The van der Waals surface area contributed by atoms with Gasteiger partial charge < -0.3 is 20.1 Å². The number of ether oxygens (including phenoxy) is 2. The summed E-state index contributed by atoms with van der Waals surface area (Å²) in [6.45, 7) is 2.26. The van der Waals surface area contributed by atoms with Crippen molar-refractivity contribution in [2.24, 2.45) is 4.99 Å². The fourth-order valence-electron chi connectivity index (χ4n) is 2.59. The van der Waals surface area contributed by atoms with Gasteiger partial charge in [-0.2, -0.15) is 0 Å². The molecule has 0 aliphatic heterocycles. The lowest BCUT2D eigenvalue weighted by Gasteiger charge is -2.13. The van der Waals surface area contributed by atoms with Gasteiger partial charge in [0.1, 0.15) is 6.10 Å². The molecule has 0 atom stereocenters. The molecule has 1 aliphatic carbocycles. The summed E-state index contributed by atoms with van der Waals surface area (Å²) in [6, 6.07) is 3.99. The van der Waals surface area contributed by atoms with Gasteiger partial charge in [-0.05, 0) is 37.7 Å². The maximum absolute atomic E-state index is 5.87. The highest BCUT2D eigenvalue weighted by molar-refractivity contribution is 5.79. The second-order valence-electron chi connectivity index (χ2n) is 5.73. The van der Waals surface area contributed by atoms with Crippen LogP contribution in [0, 0.1) is 0 Å². The van der Waals surface area contributed by atoms with E-state index in [0.717, 1.165) is 49.8 Å². The van der Waals surface area contributed by atoms with E-state index in [2.05, 4.69) is 20.6 Å². The van der Waals surface area contributed by atoms with Crippen LogP contribution in [0.3, 0.4) is 0 Å². The Labute approximate surface area is 138 Å². The smallest absolute Gasteiger partial charge is 0.213 e. The number of methoxy groups -OCH3 is 1. The molecular formula is C17H28N4O2. The van der Waals surface area contributed by atoms with E-state index in [1.165, 1.54) is 12.8 Å². The second kappa shape index (κ2) is 10.0. The standard InChI is InChI=1S/C17H28N4O2/c1-18-17(19-10-5-11-22-2)21-13-14-8-9-16(20-12-14)23-15-6-3-4-7-15/h8-9,12,15H,3-7,10-11,13H2,1-2H3,(H2,18,19,21). The van der Waals surface area contributed by atoms with Crippen LogP contribution in [0.1, 0.15) is 37.7 Å². The molecule has 2 rings (SSSR count). The van der Waals surface area contributed by atoms with Gasteiger partial charge in [0.25, 0.3) is 0 Å². The fraction of sp³-hybridized carbons (Fsp3) is 0.647. The van der Waals surface area contributed by atoms with Crippen LogP contribution in [0.25, 0.3) is 0 Å². The van der Waals surface area contributed by atoms with Crippen LogP contribution < -0.4 is 15.4 Å². The lowest BCUT2D eigenvalue weighted by atomic mass is 10.3. The lowest BCUT2D eigenvalue weighted by molar-refractivity contribution is 0.195. The van der Waals surface area contributed by atoms with Gasteiger partial charge >= 0.3 is 0 Å². The lowest BCUT2D eigenvalue weighted by Crippen LogP contribution is -2.37.